The van der Waals surface area contributed by atoms with Gasteiger partial charge in [-0.2, -0.15) is 0 Å². The summed E-state index contributed by atoms with van der Waals surface area (Å²) < 4.78 is 0. The van der Waals surface area contributed by atoms with Crippen LogP contribution in [0.1, 0.15) is 32.3 Å². The summed E-state index contributed by atoms with van der Waals surface area (Å²) in [5.74, 6) is -4.27. The van der Waals surface area contributed by atoms with Crippen molar-refractivity contribution in [1.82, 2.24) is 26.3 Å². The number of aromatic amines is 1. The van der Waals surface area contributed by atoms with Crippen LogP contribution in [0.3, 0.4) is 0 Å². The molecule has 0 spiro atoms. The van der Waals surface area contributed by atoms with Crippen LogP contribution in [-0.4, -0.2) is 100 Å². The van der Waals surface area contributed by atoms with E-state index in [4.69, 9.17) is 22.9 Å². The number of nitrogens with one attached hydrogen (secondary N) is 5. The molecule has 6 atom stereocenters. The Morgan fingerprint density at radius 1 is 0.886 bits per heavy atom. The second kappa shape index (κ2) is 16.8. The maximum Gasteiger partial charge on any atom is 0.245 e. The first-order chi connectivity index (χ1) is 20.7. The molecule has 1 heterocycles. The van der Waals surface area contributed by atoms with Crippen molar-refractivity contribution in [2.45, 2.75) is 69.4 Å². The molecule has 1 aromatic carbocycles. The predicted molar refractivity (Wildman–Crippen MR) is 161 cm³/mol. The third-order valence-corrected chi connectivity index (χ3v) is 6.73. The second-order valence-corrected chi connectivity index (χ2v) is 10.3. The zero-order chi connectivity index (χ0) is 33.0. The first kappa shape index (κ1) is 35.5. The molecule has 5 amide bonds. The molecule has 242 valence electrons. The summed E-state index contributed by atoms with van der Waals surface area (Å²) in [6, 6.07) is 1.03. The van der Waals surface area contributed by atoms with Crippen LogP contribution in [0.5, 0.6) is 0 Å². The van der Waals surface area contributed by atoms with Gasteiger partial charge in [-0.15, -0.1) is 0 Å². The van der Waals surface area contributed by atoms with E-state index in [1.54, 1.807) is 6.20 Å². The Morgan fingerprint density at radius 3 is 2.11 bits per heavy atom. The molecule has 0 radical (unpaired) electrons. The summed E-state index contributed by atoms with van der Waals surface area (Å²) in [4.78, 5) is 70.2. The van der Waals surface area contributed by atoms with Gasteiger partial charge in [0.15, 0.2) is 5.96 Å². The molecule has 0 fully saturated rings. The largest absolute Gasteiger partial charge is 0.394 e. The summed E-state index contributed by atoms with van der Waals surface area (Å²) in [6.07, 6.45) is 0.856. The fourth-order valence-electron chi connectivity index (χ4n) is 4.15. The number of para-hydroxylation sites is 1. The molecule has 0 saturated carbocycles. The number of rotatable bonds is 17. The first-order valence-corrected chi connectivity index (χ1v) is 13.9. The highest BCUT2D eigenvalue weighted by Gasteiger charge is 2.30. The molecule has 17 nitrogen and oxygen atoms in total. The van der Waals surface area contributed by atoms with E-state index in [-0.39, 0.29) is 31.8 Å². The highest BCUT2D eigenvalue weighted by Crippen LogP contribution is 2.19. The van der Waals surface area contributed by atoms with Gasteiger partial charge in [-0.05, 0) is 38.3 Å². The molecule has 1 aromatic heterocycles. The zero-order valence-electron chi connectivity index (χ0n) is 24.6. The van der Waals surface area contributed by atoms with Crippen LogP contribution in [-0.2, 0) is 30.4 Å². The Kier molecular flexibility index (Phi) is 13.5. The maximum atomic E-state index is 13.0. The van der Waals surface area contributed by atoms with Gasteiger partial charge in [0.2, 0.25) is 29.5 Å². The number of aromatic nitrogens is 1. The molecule has 0 bridgehead atoms. The Labute approximate surface area is 253 Å². The van der Waals surface area contributed by atoms with Crippen molar-refractivity contribution in [3.63, 3.8) is 0 Å². The molecular formula is C27H42N10O7. The van der Waals surface area contributed by atoms with Gasteiger partial charge >= 0.3 is 0 Å². The lowest BCUT2D eigenvalue weighted by Crippen LogP contribution is -2.59. The van der Waals surface area contributed by atoms with E-state index in [0.29, 0.717) is 0 Å². The number of primary amides is 1. The minimum Gasteiger partial charge on any atom is -0.394 e. The number of amides is 5. The molecule has 44 heavy (non-hydrogen) atoms. The van der Waals surface area contributed by atoms with Crippen LogP contribution in [0.25, 0.3) is 10.9 Å². The van der Waals surface area contributed by atoms with E-state index in [9.17, 15) is 34.2 Å². The van der Waals surface area contributed by atoms with Crippen molar-refractivity contribution in [1.29, 1.82) is 0 Å². The number of carbonyl (C=O) groups is 5. The van der Waals surface area contributed by atoms with Gasteiger partial charge in [-0.3, -0.25) is 29.0 Å². The number of carbonyl (C=O) groups excluding carboxylic acids is 5. The summed E-state index contributed by atoms with van der Waals surface area (Å²) in [5.41, 5.74) is 23.4. The lowest BCUT2D eigenvalue weighted by molar-refractivity contribution is -0.135. The smallest absolute Gasteiger partial charge is 0.245 e. The third kappa shape index (κ3) is 10.5. The fourth-order valence-corrected chi connectivity index (χ4v) is 4.15. The average Bonchev–Trinajstić information content (AvgIpc) is 3.38. The molecule has 0 aliphatic carbocycles. The molecule has 0 aliphatic rings. The normalized spacial score (nSPS) is 15.1. The number of aliphatic imine (C=N–C) groups is 1. The number of fused-ring (bicyclic) bond motifs is 1. The van der Waals surface area contributed by atoms with Crippen LogP contribution in [0.15, 0.2) is 35.5 Å². The van der Waals surface area contributed by atoms with Gasteiger partial charge in [0, 0.05) is 30.1 Å². The molecule has 2 rings (SSSR count). The van der Waals surface area contributed by atoms with E-state index in [1.165, 1.54) is 13.8 Å². The summed E-state index contributed by atoms with van der Waals surface area (Å²) in [7, 11) is 0. The topological polar surface area (TPSA) is 306 Å². The van der Waals surface area contributed by atoms with Crippen LogP contribution in [0, 0.1) is 0 Å². The van der Waals surface area contributed by atoms with E-state index >= 15 is 0 Å². The van der Waals surface area contributed by atoms with Crippen molar-refractivity contribution in [3.05, 3.63) is 36.0 Å². The number of benzene rings is 1. The van der Waals surface area contributed by atoms with Crippen molar-refractivity contribution in [3.8, 4) is 0 Å². The number of hydrogen-bond donors (Lipinski definition) is 11. The Bertz CT molecular complexity index is 1340. The summed E-state index contributed by atoms with van der Waals surface area (Å²) in [5, 5.41) is 29.9. The number of guanidine groups is 1. The number of aliphatic hydroxyl groups excluding tert-OH is 2. The lowest BCUT2D eigenvalue weighted by Gasteiger charge is -2.25. The van der Waals surface area contributed by atoms with Crippen LogP contribution in [0.2, 0.25) is 0 Å². The van der Waals surface area contributed by atoms with Crippen LogP contribution < -0.4 is 44.2 Å². The van der Waals surface area contributed by atoms with Crippen molar-refractivity contribution in [2.75, 3.05) is 13.2 Å². The van der Waals surface area contributed by atoms with E-state index in [2.05, 4.69) is 31.2 Å². The highest BCUT2D eigenvalue weighted by molar-refractivity contribution is 5.96. The van der Waals surface area contributed by atoms with Crippen LogP contribution >= 0.6 is 0 Å². The number of nitrogens with zero attached hydrogens (tertiary/aromatic N) is 1. The summed E-state index contributed by atoms with van der Waals surface area (Å²) >= 11 is 0. The van der Waals surface area contributed by atoms with Gasteiger partial charge in [0.05, 0.1) is 12.7 Å². The zero-order valence-corrected chi connectivity index (χ0v) is 24.6. The molecule has 2 aromatic rings. The Morgan fingerprint density at radius 2 is 1.50 bits per heavy atom. The van der Waals surface area contributed by atoms with Gasteiger partial charge < -0.3 is 59.4 Å². The molecule has 17 heteroatoms. The van der Waals surface area contributed by atoms with E-state index < -0.39 is 72.5 Å². The number of aliphatic hydroxyl groups is 2. The standard InChI is InChI=1S/C27H42N10O7/c1-13(23(41)36-19(22(29)40)10-15-11-33-17-7-4-3-6-16(15)17)34-25(43)20(12-38)37-24(42)18(8-5-9-32-27(30)31)35-26(44)21(28)14(2)39/h3-4,6-7,11,13-14,18-21,33,38-39H,5,8-10,12,28H2,1-2H3,(H2,29,40)(H,34,43)(H,35,44)(H,36,41)(H,37,42)(H4,30,31,32)/t13-,14-,18-,19+,20-,21+/m0/s1. The number of hydrogen-bond acceptors (Lipinski definition) is 9. The quantitative estimate of drug-likeness (QED) is 0.0462. The Hall–Kier alpha value is -4.74. The van der Waals surface area contributed by atoms with Crippen molar-refractivity contribution < 1.29 is 34.2 Å². The first-order valence-electron chi connectivity index (χ1n) is 13.9. The van der Waals surface area contributed by atoms with Crippen LogP contribution in [0.4, 0.5) is 0 Å². The van der Waals surface area contributed by atoms with Gasteiger partial charge in [-0.1, -0.05) is 18.2 Å². The van der Waals surface area contributed by atoms with E-state index in [0.717, 1.165) is 16.5 Å². The van der Waals surface area contributed by atoms with Gasteiger partial charge in [0.25, 0.3) is 0 Å². The predicted octanol–water partition coefficient (Wildman–Crippen LogP) is -4.09. The van der Waals surface area contributed by atoms with Crippen molar-refractivity contribution in [2.24, 2.45) is 27.9 Å². The molecular weight excluding hydrogens is 576 g/mol. The average molecular weight is 619 g/mol. The third-order valence-electron chi connectivity index (χ3n) is 6.73. The maximum absolute atomic E-state index is 13.0. The molecule has 0 aliphatic heterocycles. The van der Waals surface area contributed by atoms with Gasteiger partial charge in [-0.25, -0.2) is 0 Å². The minimum absolute atomic E-state index is 0.0182. The lowest BCUT2D eigenvalue weighted by atomic mass is 10.0. The Balaban J connectivity index is 2.04. The number of H-pyrrole nitrogens is 1. The highest BCUT2D eigenvalue weighted by atomic mass is 16.3. The molecule has 0 saturated heterocycles. The summed E-state index contributed by atoms with van der Waals surface area (Å²) in [6.45, 7) is 1.93. The molecule has 15 N–H and O–H groups in total. The van der Waals surface area contributed by atoms with Gasteiger partial charge in [0.1, 0.15) is 30.2 Å². The number of nitrogens with two attached hydrogens (primary N) is 4. The molecule has 0 unspecified atom stereocenters. The monoisotopic (exact) mass is 618 g/mol. The second-order valence-electron chi connectivity index (χ2n) is 10.3. The fraction of sp³-hybridized carbons (Fsp3) is 0.481. The SMILES string of the molecule is C[C@H](NC(=O)[C@H](CO)NC(=O)[C@H](CCCN=C(N)N)NC(=O)[C@H](N)[C@H](C)O)C(=O)N[C@H](Cc1c[nH]c2ccccc12)C(N)=O. The van der Waals surface area contributed by atoms with Crippen molar-refractivity contribution >= 4 is 46.4 Å². The minimum atomic E-state index is -1.52. The van der Waals surface area contributed by atoms with E-state index in [1.807, 2.05) is 24.3 Å².